The first kappa shape index (κ1) is 22.8. The fourth-order valence-electron chi connectivity index (χ4n) is 4.27. The standard InChI is InChI=1S/C24H22N4O6S/c1-14-21-18(23(29)25-16-7-5-15(6-8-16)24(30)33-2)12-19(20-4-3-10-34-20)26-22(21)28(27-14)17-9-11-35(31,32)13-17/h3-8,10,12,17H,9,11,13H2,1-2H3,(H,25,29). The van der Waals surface area contributed by atoms with E-state index in [0.717, 1.165) is 0 Å². The van der Waals surface area contributed by atoms with E-state index in [-0.39, 0.29) is 17.5 Å². The summed E-state index contributed by atoms with van der Waals surface area (Å²) in [5, 5.41) is 7.96. The summed E-state index contributed by atoms with van der Waals surface area (Å²) in [5.74, 6) is -0.348. The third-order valence-corrected chi connectivity index (χ3v) is 7.72. The minimum Gasteiger partial charge on any atom is -0.465 e. The zero-order chi connectivity index (χ0) is 24.7. The summed E-state index contributed by atoms with van der Waals surface area (Å²) >= 11 is 0. The lowest BCUT2D eigenvalue weighted by atomic mass is 10.1. The Morgan fingerprint density at radius 1 is 1.20 bits per heavy atom. The van der Waals surface area contributed by atoms with Gasteiger partial charge in [-0.15, -0.1) is 0 Å². The molecule has 0 aliphatic carbocycles. The van der Waals surface area contributed by atoms with Crippen LogP contribution in [0.25, 0.3) is 22.5 Å². The van der Waals surface area contributed by atoms with Crippen LogP contribution < -0.4 is 5.32 Å². The molecule has 0 radical (unpaired) electrons. The van der Waals surface area contributed by atoms with E-state index in [2.05, 4.69) is 10.4 Å². The average Bonchev–Trinajstić information content (AvgIpc) is 3.58. The van der Waals surface area contributed by atoms with Crippen molar-refractivity contribution in [3.63, 3.8) is 0 Å². The summed E-state index contributed by atoms with van der Waals surface area (Å²) in [4.78, 5) is 29.8. The van der Waals surface area contributed by atoms with Gasteiger partial charge in [-0.1, -0.05) is 0 Å². The second kappa shape index (κ2) is 8.66. The van der Waals surface area contributed by atoms with Gasteiger partial charge in [0.1, 0.15) is 5.69 Å². The highest BCUT2D eigenvalue weighted by atomic mass is 32.2. The molecule has 1 aromatic carbocycles. The number of anilines is 1. The van der Waals surface area contributed by atoms with Gasteiger partial charge in [-0.05, 0) is 55.8 Å². The molecule has 0 saturated carbocycles. The number of carbonyl (C=O) groups is 2. The Bertz CT molecular complexity index is 1540. The van der Waals surface area contributed by atoms with E-state index in [1.54, 1.807) is 54.1 Å². The van der Waals surface area contributed by atoms with Gasteiger partial charge in [-0.2, -0.15) is 5.10 Å². The van der Waals surface area contributed by atoms with Gasteiger partial charge in [-0.25, -0.2) is 22.9 Å². The second-order valence-corrected chi connectivity index (χ2v) is 10.6. The van der Waals surface area contributed by atoms with Crippen LogP contribution in [0.15, 0.2) is 53.1 Å². The summed E-state index contributed by atoms with van der Waals surface area (Å²) in [6, 6.07) is 11.0. The lowest BCUT2D eigenvalue weighted by Crippen LogP contribution is -2.15. The fraction of sp³-hybridized carbons (Fsp3) is 0.250. The lowest BCUT2D eigenvalue weighted by molar-refractivity contribution is 0.0600. The SMILES string of the molecule is COC(=O)c1ccc(NC(=O)c2cc(-c3ccco3)nc3c2c(C)nn3C2CCS(=O)(=O)C2)cc1. The van der Waals surface area contributed by atoms with Crippen LogP contribution in [-0.2, 0) is 14.6 Å². The molecule has 0 bridgehead atoms. The number of esters is 1. The van der Waals surface area contributed by atoms with Gasteiger partial charge in [0.05, 0.1) is 53.1 Å². The van der Waals surface area contributed by atoms with Gasteiger partial charge < -0.3 is 14.5 Å². The molecule has 4 aromatic rings. The molecule has 1 amide bonds. The van der Waals surface area contributed by atoms with E-state index in [1.807, 2.05) is 0 Å². The molecule has 1 aliphatic heterocycles. The largest absolute Gasteiger partial charge is 0.465 e. The number of hydrogen-bond acceptors (Lipinski definition) is 8. The minimum atomic E-state index is -3.15. The van der Waals surface area contributed by atoms with Crippen molar-refractivity contribution in [2.24, 2.45) is 0 Å². The van der Waals surface area contributed by atoms with E-state index in [1.165, 1.54) is 13.4 Å². The predicted octanol–water partition coefficient (Wildman–Crippen LogP) is 3.40. The molecule has 180 valence electrons. The Kier molecular flexibility index (Phi) is 5.64. The number of benzene rings is 1. The molecule has 1 unspecified atom stereocenters. The van der Waals surface area contributed by atoms with Gasteiger partial charge >= 0.3 is 5.97 Å². The Morgan fingerprint density at radius 2 is 1.97 bits per heavy atom. The topological polar surface area (TPSA) is 133 Å². The number of fused-ring (bicyclic) bond motifs is 1. The smallest absolute Gasteiger partial charge is 0.337 e. The van der Waals surface area contributed by atoms with Gasteiger partial charge in [0, 0.05) is 5.69 Å². The van der Waals surface area contributed by atoms with Crippen molar-refractivity contribution in [1.29, 1.82) is 0 Å². The van der Waals surface area contributed by atoms with Crippen LogP contribution in [0.2, 0.25) is 0 Å². The molecule has 10 nitrogen and oxygen atoms in total. The summed E-state index contributed by atoms with van der Waals surface area (Å²) < 4.78 is 36.0. The number of rotatable bonds is 5. The number of nitrogens with one attached hydrogen (secondary N) is 1. The number of hydrogen-bond donors (Lipinski definition) is 1. The van der Waals surface area contributed by atoms with E-state index in [0.29, 0.717) is 51.4 Å². The molecule has 5 rings (SSSR count). The third-order valence-electron chi connectivity index (χ3n) is 5.97. The Balaban J connectivity index is 1.58. The number of carbonyl (C=O) groups excluding carboxylic acids is 2. The van der Waals surface area contributed by atoms with Crippen LogP contribution in [0, 0.1) is 6.92 Å². The highest BCUT2D eigenvalue weighted by Gasteiger charge is 2.32. The fourth-order valence-corrected chi connectivity index (χ4v) is 5.96. The number of ether oxygens (including phenoxy) is 1. The summed E-state index contributed by atoms with van der Waals surface area (Å²) in [7, 11) is -1.86. The van der Waals surface area contributed by atoms with E-state index >= 15 is 0 Å². The minimum absolute atomic E-state index is 0.0239. The first-order valence-electron chi connectivity index (χ1n) is 10.9. The van der Waals surface area contributed by atoms with Crippen molar-refractivity contribution >= 4 is 38.4 Å². The van der Waals surface area contributed by atoms with Crippen LogP contribution in [-0.4, -0.2) is 53.7 Å². The molecule has 1 aliphatic rings. The molecule has 0 spiro atoms. The van der Waals surface area contributed by atoms with Gasteiger partial charge in [0.2, 0.25) is 0 Å². The summed E-state index contributed by atoms with van der Waals surface area (Å²) in [5.41, 5.74) is 2.58. The van der Waals surface area contributed by atoms with Crippen molar-refractivity contribution in [2.45, 2.75) is 19.4 Å². The van der Waals surface area contributed by atoms with Crippen LogP contribution in [0.1, 0.15) is 38.9 Å². The molecule has 4 heterocycles. The third kappa shape index (κ3) is 4.30. The molecule has 1 N–H and O–H groups in total. The van der Waals surface area contributed by atoms with Crippen LogP contribution in [0.5, 0.6) is 0 Å². The maximum Gasteiger partial charge on any atom is 0.337 e. The van der Waals surface area contributed by atoms with Gasteiger partial charge in [0.25, 0.3) is 5.91 Å². The number of sulfone groups is 1. The molecule has 11 heteroatoms. The van der Waals surface area contributed by atoms with Crippen molar-refractivity contribution in [1.82, 2.24) is 14.8 Å². The quantitative estimate of drug-likeness (QED) is 0.417. The van der Waals surface area contributed by atoms with Crippen molar-refractivity contribution in [2.75, 3.05) is 23.9 Å². The maximum atomic E-state index is 13.4. The van der Waals surface area contributed by atoms with E-state index in [9.17, 15) is 18.0 Å². The lowest BCUT2D eigenvalue weighted by Gasteiger charge is -2.12. The number of aryl methyl sites for hydroxylation is 1. The van der Waals surface area contributed by atoms with E-state index < -0.39 is 21.7 Å². The van der Waals surface area contributed by atoms with Gasteiger partial charge in [-0.3, -0.25) is 4.79 Å². The summed E-state index contributed by atoms with van der Waals surface area (Å²) in [6.45, 7) is 1.76. The molecule has 1 fully saturated rings. The normalized spacial score (nSPS) is 16.9. The molecule has 1 atom stereocenters. The number of aromatic nitrogens is 3. The van der Waals surface area contributed by atoms with Crippen molar-refractivity contribution in [3.05, 3.63) is 65.5 Å². The average molecular weight is 495 g/mol. The first-order valence-corrected chi connectivity index (χ1v) is 12.7. The Morgan fingerprint density at radius 3 is 2.60 bits per heavy atom. The zero-order valence-electron chi connectivity index (χ0n) is 19.0. The number of amides is 1. The van der Waals surface area contributed by atoms with Gasteiger partial charge in [0.15, 0.2) is 21.2 Å². The maximum absolute atomic E-state index is 13.4. The van der Waals surface area contributed by atoms with Crippen molar-refractivity contribution < 1.29 is 27.2 Å². The number of methoxy groups -OCH3 is 1. The molecule has 35 heavy (non-hydrogen) atoms. The Hall–Kier alpha value is -3.99. The molecular formula is C24H22N4O6S. The molecular weight excluding hydrogens is 472 g/mol. The Labute approximate surface area is 200 Å². The van der Waals surface area contributed by atoms with Crippen LogP contribution in [0.4, 0.5) is 5.69 Å². The van der Waals surface area contributed by atoms with Crippen LogP contribution in [0.3, 0.4) is 0 Å². The van der Waals surface area contributed by atoms with Crippen LogP contribution >= 0.6 is 0 Å². The first-order chi connectivity index (χ1) is 16.8. The van der Waals surface area contributed by atoms with Crippen molar-refractivity contribution in [3.8, 4) is 11.5 Å². The second-order valence-electron chi connectivity index (χ2n) is 8.34. The number of nitrogens with zero attached hydrogens (tertiary/aromatic N) is 3. The summed E-state index contributed by atoms with van der Waals surface area (Å²) in [6.07, 6.45) is 1.94. The highest BCUT2D eigenvalue weighted by molar-refractivity contribution is 7.91. The highest BCUT2D eigenvalue weighted by Crippen LogP contribution is 2.32. The van der Waals surface area contributed by atoms with E-state index in [4.69, 9.17) is 14.1 Å². The molecule has 1 saturated heterocycles. The zero-order valence-corrected chi connectivity index (χ0v) is 19.8. The number of pyridine rings is 1. The molecule has 3 aromatic heterocycles. The predicted molar refractivity (Wildman–Crippen MR) is 128 cm³/mol. The number of furan rings is 1. The monoisotopic (exact) mass is 494 g/mol.